The SMILES string of the molecule is CN(C)CCNc1nc(Nc2ccccc2F)cc(-c2ccccn2)n1. The molecule has 2 aromatic heterocycles. The van der Waals surface area contributed by atoms with Crippen LogP contribution in [0.15, 0.2) is 54.7 Å². The van der Waals surface area contributed by atoms with Crippen LogP contribution in [0.5, 0.6) is 0 Å². The zero-order valence-electron chi connectivity index (χ0n) is 14.8. The molecule has 3 rings (SSSR count). The van der Waals surface area contributed by atoms with E-state index in [4.69, 9.17) is 0 Å². The van der Waals surface area contributed by atoms with Crippen molar-refractivity contribution in [3.8, 4) is 11.4 Å². The van der Waals surface area contributed by atoms with Gasteiger partial charge in [0.1, 0.15) is 11.6 Å². The maximum Gasteiger partial charge on any atom is 0.225 e. The fourth-order valence-electron chi connectivity index (χ4n) is 2.33. The van der Waals surface area contributed by atoms with E-state index in [0.29, 0.717) is 29.7 Å². The van der Waals surface area contributed by atoms with E-state index in [1.54, 1.807) is 30.5 Å². The van der Waals surface area contributed by atoms with Crippen LogP contribution >= 0.6 is 0 Å². The molecule has 0 amide bonds. The summed E-state index contributed by atoms with van der Waals surface area (Å²) in [6, 6.07) is 13.9. The molecule has 0 atom stereocenters. The normalized spacial score (nSPS) is 10.8. The van der Waals surface area contributed by atoms with Crippen molar-refractivity contribution in [2.45, 2.75) is 0 Å². The van der Waals surface area contributed by atoms with Gasteiger partial charge in [-0.05, 0) is 38.4 Å². The third kappa shape index (κ3) is 4.73. The van der Waals surface area contributed by atoms with Crippen LogP contribution in [0.4, 0.5) is 21.8 Å². The molecule has 0 unspecified atom stereocenters. The van der Waals surface area contributed by atoms with E-state index in [0.717, 1.165) is 12.2 Å². The molecule has 2 N–H and O–H groups in total. The van der Waals surface area contributed by atoms with Crippen molar-refractivity contribution >= 4 is 17.5 Å². The first kappa shape index (κ1) is 17.8. The molecule has 1 aromatic carbocycles. The summed E-state index contributed by atoms with van der Waals surface area (Å²) in [6.07, 6.45) is 1.71. The number of aromatic nitrogens is 3. The molecule has 26 heavy (non-hydrogen) atoms. The number of benzene rings is 1. The largest absolute Gasteiger partial charge is 0.353 e. The van der Waals surface area contributed by atoms with E-state index in [1.807, 2.05) is 32.3 Å². The highest BCUT2D eigenvalue weighted by Gasteiger charge is 2.09. The predicted molar refractivity (Wildman–Crippen MR) is 102 cm³/mol. The van der Waals surface area contributed by atoms with Gasteiger partial charge in [0, 0.05) is 25.4 Å². The summed E-state index contributed by atoms with van der Waals surface area (Å²) in [5, 5.41) is 6.22. The number of halogens is 1. The van der Waals surface area contributed by atoms with Crippen LogP contribution in [0.2, 0.25) is 0 Å². The van der Waals surface area contributed by atoms with Crippen LogP contribution in [0.1, 0.15) is 0 Å². The molecule has 3 aromatic rings. The number of nitrogens with zero attached hydrogens (tertiary/aromatic N) is 4. The predicted octanol–water partition coefficient (Wildman–Crippen LogP) is 3.39. The van der Waals surface area contributed by atoms with Gasteiger partial charge in [-0.25, -0.2) is 9.37 Å². The van der Waals surface area contributed by atoms with Crippen LogP contribution in [0.3, 0.4) is 0 Å². The standard InChI is InChI=1S/C19H21FN6/c1-26(2)12-11-22-19-24-17(16-9-5-6-10-21-16)13-18(25-19)23-15-8-4-3-7-14(15)20/h3-10,13H,11-12H2,1-2H3,(H2,22,23,24,25). The highest BCUT2D eigenvalue weighted by Crippen LogP contribution is 2.23. The molecule has 0 aliphatic carbocycles. The number of para-hydroxylation sites is 1. The molecule has 6 nitrogen and oxygen atoms in total. The van der Waals surface area contributed by atoms with Gasteiger partial charge in [0.05, 0.1) is 17.1 Å². The average molecular weight is 352 g/mol. The van der Waals surface area contributed by atoms with Crippen molar-refractivity contribution in [1.29, 1.82) is 0 Å². The second-order valence-corrected chi connectivity index (χ2v) is 6.01. The van der Waals surface area contributed by atoms with Gasteiger partial charge in [0.25, 0.3) is 0 Å². The van der Waals surface area contributed by atoms with Crippen molar-refractivity contribution in [3.63, 3.8) is 0 Å². The topological polar surface area (TPSA) is 66.0 Å². The van der Waals surface area contributed by atoms with Gasteiger partial charge in [0.15, 0.2) is 0 Å². The van der Waals surface area contributed by atoms with E-state index in [-0.39, 0.29) is 5.82 Å². The van der Waals surface area contributed by atoms with Gasteiger partial charge in [-0.3, -0.25) is 4.98 Å². The summed E-state index contributed by atoms with van der Waals surface area (Å²) in [6.45, 7) is 1.53. The molecule has 134 valence electrons. The van der Waals surface area contributed by atoms with Gasteiger partial charge < -0.3 is 15.5 Å². The minimum atomic E-state index is -0.340. The Kier molecular flexibility index (Phi) is 5.70. The van der Waals surface area contributed by atoms with Crippen LogP contribution in [0.25, 0.3) is 11.4 Å². The maximum absolute atomic E-state index is 14.0. The first-order valence-electron chi connectivity index (χ1n) is 8.32. The first-order chi connectivity index (χ1) is 12.6. The highest BCUT2D eigenvalue weighted by molar-refractivity contribution is 5.65. The van der Waals surface area contributed by atoms with Gasteiger partial charge in [-0.15, -0.1) is 0 Å². The smallest absolute Gasteiger partial charge is 0.225 e. The Morgan fingerprint density at radius 3 is 2.54 bits per heavy atom. The highest BCUT2D eigenvalue weighted by atomic mass is 19.1. The molecule has 0 fully saturated rings. The number of rotatable bonds is 7. The lowest BCUT2D eigenvalue weighted by Crippen LogP contribution is -2.21. The minimum Gasteiger partial charge on any atom is -0.353 e. The monoisotopic (exact) mass is 352 g/mol. The van der Waals surface area contributed by atoms with Gasteiger partial charge >= 0.3 is 0 Å². The summed E-state index contributed by atoms with van der Waals surface area (Å²) in [7, 11) is 4.00. The molecule has 0 radical (unpaired) electrons. The molecule has 0 saturated carbocycles. The molecule has 0 aliphatic rings. The number of pyridine rings is 1. The Morgan fingerprint density at radius 2 is 1.81 bits per heavy atom. The fraction of sp³-hybridized carbons (Fsp3) is 0.211. The lowest BCUT2D eigenvalue weighted by Gasteiger charge is -2.13. The van der Waals surface area contributed by atoms with Gasteiger partial charge in [0.2, 0.25) is 5.95 Å². The second kappa shape index (κ2) is 8.35. The van der Waals surface area contributed by atoms with Gasteiger partial charge in [-0.2, -0.15) is 4.98 Å². The lowest BCUT2D eigenvalue weighted by atomic mass is 10.2. The number of hydrogen-bond acceptors (Lipinski definition) is 6. The maximum atomic E-state index is 14.0. The molecule has 0 bridgehead atoms. The Bertz CT molecular complexity index is 854. The van der Waals surface area contributed by atoms with E-state index >= 15 is 0 Å². The van der Waals surface area contributed by atoms with E-state index in [9.17, 15) is 4.39 Å². The average Bonchev–Trinajstić information content (AvgIpc) is 2.64. The fourth-order valence-corrected chi connectivity index (χ4v) is 2.33. The summed E-state index contributed by atoms with van der Waals surface area (Å²) in [5.74, 6) is 0.625. The lowest BCUT2D eigenvalue weighted by molar-refractivity contribution is 0.425. The van der Waals surface area contributed by atoms with Crippen molar-refractivity contribution in [1.82, 2.24) is 19.9 Å². The zero-order valence-corrected chi connectivity index (χ0v) is 14.8. The van der Waals surface area contributed by atoms with Crippen LogP contribution in [-0.4, -0.2) is 47.0 Å². The first-order valence-corrected chi connectivity index (χ1v) is 8.32. The third-order valence-corrected chi connectivity index (χ3v) is 3.63. The van der Waals surface area contributed by atoms with Crippen molar-refractivity contribution < 1.29 is 4.39 Å². The second-order valence-electron chi connectivity index (χ2n) is 6.01. The van der Waals surface area contributed by atoms with Crippen LogP contribution in [0, 0.1) is 5.82 Å². The number of anilines is 3. The molecule has 2 heterocycles. The Balaban J connectivity index is 1.90. The van der Waals surface area contributed by atoms with Crippen molar-refractivity contribution in [2.24, 2.45) is 0 Å². The summed E-state index contributed by atoms with van der Waals surface area (Å²) in [5.41, 5.74) is 1.74. The van der Waals surface area contributed by atoms with Crippen molar-refractivity contribution in [2.75, 3.05) is 37.8 Å². The number of nitrogens with one attached hydrogen (secondary N) is 2. The van der Waals surface area contributed by atoms with E-state index in [1.165, 1.54) is 6.07 Å². The Hall–Kier alpha value is -3.06. The summed E-state index contributed by atoms with van der Waals surface area (Å²) >= 11 is 0. The van der Waals surface area contributed by atoms with Gasteiger partial charge in [-0.1, -0.05) is 18.2 Å². The molecule has 0 aliphatic heterocycles. The Morgan fingerprint density at radius 1 is 1.00 bits per heavy atom. The molecule has 7 heteroatoms. The zero-order chi connectivity index (χ0) is 18.4. The Labute approximate surface area is 152 Å². The quantitative estimate of drug-likeness (QED) is 0.679. The molecule has 0 saturated heterocycles. The molecular weight excluding hydrogens is 331 g/mol. The van der Waals surface area contributed by atoms with Crippen LogP contribution < -0.4 is 10.6 Å². The summed E-state index contributed by atoms with van der Waals surface area (Å²) in [4.78, 5) is 15.4. The van der Waals surface area contributed by atoms with Crippen molar-refractivity contribution in [3.05, 3.63) is 60.5 Å². The molecular formula is C19H21FN6. The number of hydrogen-bond donors (Lipinski definition) is 2. The van der Waals surface area contributed by atoms with E-state index in [2.05, 4.69) is 30.5 Å². The minimum absolute atomic E-state index is 0.340. The third-order valence-electron chi connectivity index (χ3n) is 3.63. The summed E-state index contributed by atoms with van der Waals surface area (Å²) < 4.78 is 14.0. The van der Waals surface area contributed by atoms with E-state index < -0.39 is 0 Å². The number of likely N-dealkylation sites (N-methyl/N-ethyl adjacent to an activating group) is 1. The van der Waals surface area contributed by atoms with Crippen LogP contribution in [-0.2, 0) is 0 Å². The molecule has 0 spiro atoms.